The van der Waals surface area contributed by atoms with Crippen LogP contribution in [0.4, 0.5) is 0 Å². The molecule has 0 aromatic carbocycles. The third-order valence-corrected chi connectivity index (χ3v) is 3.20. The van der Waals surface area contributed by atoms with E-state index in [-0.39, 0.29) is 5.91 Å². The normalized spacial score (nSPS) is 19.6. The van der Waals surface area contributed by atoms with Crippen LogP contribution in [0.1, 0.15) is 28.8 Å². The van der Waals surface area contributed by atoms with Gasteiger partial charge in [-0.25, -0.2) is 0 Å². The van der Waals surface area contributed by atoms with Crippen molar-refractivity contribution in [2.24, 2.45) is 0 Å². The Balaban J connectivity index is 2.14. The Morgan fingerprint density at radius 1 is 1.59 bits per heavy atom. The molecule has 4 heteroatoms. The molecule has 1 aromatic heterocycles. The van der Waals surface area contributed by atoms with E-state index in [1.54, 1.807) is 12.4 Å². The Kier molecular flexibility index (Phi) is 3.74. The topological polar surface area (TPSA) is 45.2 Å². The number of nitrogens with one attached hydrogen (secondary N) is 1. The maximum Gasteiger partial charge on any atom is 0.255 e. The Bertz CT molecular complexity index is 405. The zero-order valence-corrected chi connectivity index (χ0v) is 10.4. The number of pyridine rings is 1. The summed E-state index contributed by atoms with van der Waals surface area (Å²) in [7, 11) is 1.93. The van der Waals surface area contributed by atoms with E-state index in [2.05, 4.69) is 10.3 Å². The zero-order chi connectivity index (χ0) is 12.3. The highest BCUT2D eigenvalue weighted by atomic mass is 16.2. The summed E-state index contributed by atoms with van der Waals surface area (Å²) in [4.78, 5) is 18.4. The molecule has 1 N–H and O–H groups in total. The maximum atomic E-state index is 12.3. The molecule has 1 aliphatic rings. The van der Waals surface area contributed by atoms with Crippen LogP contribution < -0.4 is 5.32 Å². The first kappa shape index (κ1) is 12.0. The maximum absolute atomic E-state index is 12.3. The fraction of sp³-hybridized carbons (Fsp3) is 0.538. The van der Waals surface area contributed by atoms with E-state index in [1.165, 1.54) is 0 Å². The molecule has 1 atom stereocenters. The van der Waals surface area contributed by atoms with Crippen molar-refractivity contribution in [2.45, 2.75) is 25.8 Å². The van der Waals surface area contributed by atoms with Gasteiger partial charge in [0.15, 0.2) is 0 Å². The zero-order valence-electron chi connectivity index (χ0n) is 10.4. The van der Waals surface area contributed by atoms with Crippen molar-refractivity contribution in [2.75, 3.05) is 20.1 Å². The second-order valence-corrected chi connectivity index (χ2v) is 4.60. The van der Waals surface area contributed by atoms with Crippen LogP contribution in [-0.2, 0) is 0 Å². The first-order valence-corrected chi connectivity index (χ1v) is 6.09. The number of aromatic nitrogens is 1. The molecule has 1 fully saturated rings. The van der Waals surface area contributed by atoms with Crippen LogP contribution in [0.5, 0.6) is 0 Å². The Morgan fingerprint density at radius 3 is 3.12 bits per heavy atom. The lowest BCUT2D eigenvalue weighted by Crippen LogP contribution is -2.40. The molecule has 1 aromatic rings. The van der Waals surface area contributed by atoms with Crippen LogP contribution in [0.3, 0.4) is 0 Å². The molecular weight excluding hydrogens is 214 g/mol. The van der Waals surface area contributed by atoms with Gasteiger partial charge in [0.05, 0.1) is 5.56 Å². The largest absolute Gasteiger partial charge is 0.334 e. The number of hydrogen-bond donors (Lipinski definition) is 1. The minimum atomic E-state index is 0.110. The van der Waals surface area contributed by atoms with Crippen molar-refractivity contribution in [1.29, 1.82) is 0 Å². The summed E-state index contributed by atoms with van der Waals surface area (Å²) in [5, 5.41) is 3.15. The predicted octanol–water partition coefficient (Wildman–Crippen LogP) is 1.21. The SMILES string of the molecule is CNCC1CCCN1C(=O)c1cncc(C)c1. The van der Waals surface area contributed by atoms with Crippen LogP contribution in [-0.4, -0.2) is 42.0 Å². The van der Waals surface area contributed by atoms with Crippen molar-refractivity contribution in [3.05, 3.63) is 29.6 Å². The van der Waals surface area contributed by atoms with Crippen molar-refractivity contribution in [3.8, 4) is 0 Å². The highest BCUT2D eigenvalue weighted by molar-refractivity contribution is 5.94. The molecule has 92 valence electrons. The molecule has 1 saturated heterocycles. The van der Waals surface area contributed by atoms with E-state index in [9.17, 15) is 4.79 Å². The molecule has 0 radical (unpaired) electrons. The van der Waals surface area contributed by atoms with E-state index in [0.29, 0.717) is 11.6 Å². The molecule has 0 bridgehead atoms. The fourth-order valence-electron chi connectivity index (χ4n) is 2.39. The van der Waals surface area contributed by atoms with Gasteiger partial charge in [0, 0.05) is 31.5 Å². The van der Waals surface area contributed by atoms with Gasteiger partial charge in [-0.1, -0.05) is 0 Å². The number of hydrogen-bond acceptors (Lipinski definition) is 3. The summed E-state index contributed by atoms with van der Waals surface area (Å²) in [6.45, 7) is 3.68. The van der Waals surface area contributed by atoms with Crippen LogP contribution in [0, 0.1) is 6.92 Å². The van der Waals surface area contributed by atoms with Crippen LogP contribution >= 0.6 is 0 Å². The predicted molar refractivity (Wildman–Crippen MR) is 67.0 cm³/mol. The van der Waals surface area contributed by atoms with Crippen molar-refractivity contribution < 1.29 is 4.79 Å². The minimum absolute atomic E-state index is 0.110. The third kappa shape index (κ3) is 2.64. The summed E-state index contributed by atoms with van der Waals surface area (Å²) < 4.78 is 0. The molecule has 1 amide bonds. The average molecular weight is 233 g/mol. The first-order valence-electron chi connectivity index (χ1n) is 6.09. The van der Waals surface area contributed by atoms with Gasteiger partial charge < -0.3 is 10.2 Å². The monoisotopic (exact) mass is 233 g/mol. The second kappa shape index (κ2) is 5.27. The standard InChI is InChI=1S/C13H19N3O/c1-10-6-11(8-15-7-10)13(17)16-5-3-4-12(16)9-14-2/h6-8,12,14H,3-5,9H2,1-2H3. The van der Waals surface area contributed by atoms with Gasteiger partial charge in [-0.05, 0) is 38.4 Å². The van der Waals surface area contributed by atoms with E-state index in [4.69, 9.17) is 0 Å². The smallest absolute Gasteiger partial charge is 0.255 e. The molecular formula is C13H19N3O. The van der Waals surface area contributed by atoms with Gasteiger partial charge >= 0.3 is 0 Å². The summed E-state index contributed by atoms with van der Waals surface area (Å²) >= 11 is 0. The lowest BCUT2D eigenvalue weighted by Gasteiger charge is -2.24. The summed E-state index contributed by atoms with van der Waals surface area (Å²) in [6.07, 6.45) is 5.61. The molecule has 4 nitrogen and oxygen atoms in total. The highest BCUT2D eigenvalue weighted by Gasteiger charge is 2.28. The van der Waals surface area contributed by atoms with Gasteiger partial charge in [0.25, 0.3) is 5.91 Å². The summed E-state index contributed by atoms with van der Waals surface area (Å²) in [5.74, 6) is 0.110. The molecule has 1 unspecified atom stereocenters. The Morgan fingerprint density at radius 2 is 2.41 bits per heavy atom. The molecule has 0 saturated carbocycles. The van der Waals surface area contributed by atoms with Crippen LogP contribution in [0.25, 0.3) is 0 Å². The number of carbonyl (C=O) groups excluding carboxylic acids is 1. The summed E-state index contributed by atoms with van der Waals surface area (Å²) in [5.41, 5.74) is 1.73. The fourth-order valence-corrected chi connectivity index (χ4v) is 2.39. The lowest BCUT2D eigenvalue weighted by atomic mass is 10.1. The molecule has 1 aliphatic heterocycles. The number of rotatable bonds is 3. The number of amides is 1. The number of likely N-dealkylation sites (N-methyl/N-ethyl adjacent to an activating group) is 1. The van der Waals surface area contributed by atoms with Gasteiger partial charge in [-0.2, -0.15) is 0 Å². The number of aryl methyl sites for hydroxylation is 1. The third-order valence-electron chi connectivity index (χ3n) is 3.20. The first-order chi connectivity index (χ1) is 8.22. The van der Waals surface area contributed by atoms with Crippen LogP contribution in [0.15, 0.2) is 18.5 Å². The van der Waals surface area contributed by atoms with E-state index < -0.39 is 0 Å². The molecule has 2 rings (SSSR count). The van der Waals surface area contributed by atoms with Crippen molar-refractivity contribution in [3.63, 3.8) is 0 Å². The van der Waals surface area contributed by atoms with Crippen molar-refractivity contribution in [1.82, 2.24) is 15.2 Å². The van der Waals surface area contributed by atoms with E-state index >= 15 is 0 Å². The van der Waals surface area contributed by atoms with Gasteiger partial charge in [-0.15, -0.1) is 0 Å². The van der Waals surface area contributed by atoms with Gasteiger partial charge in [0.2, 0.25) is 0 Å². The lowest BCUT2D eigenvalue weighted by molar-refractivity contribution is 0.0736. The summed E-state index contributed by atoms with van der Waals surface area (Å²) in [6, 6.07) is 2.23. The number of likely N-dealkylation sites (tertiary alicyclic amines) is 1. The quantitative estimate of drug-likeness (QED) is 0.853. The van der Waals surface area contributed by atoms with Gasteiger partial charge in [-0.3, -0.25) is 9.78 Å². The minimum Gasteiger partial charge on any atom is -0.334 e. The molecule has 2 heterocycles. The highest BCUT2D eigenvalue weighted by Crippen LogP contribution is 2.19. The van der Waals surface area contributed by atoms with Crippen LogP contribution in [0.2, 0.25) is 0 Å². The van der Waals surface area contributed by atoms with E-state index in [0.717, 1.165) is 31.5 Å². The van der Waals surface area contributed by atoms with E-state index in [1.807, 2.05) is 24.9 Å². The van der Waals surface area contributed by atoms with Gasteiger partial charge in [0.1, 0.15) is 0 Å². The number of nitrogens with zero attached hydrogens (tertiary/aromatic N) is 2. The molecule has 0 aliphatic carbocycles. The Hall–Kier alpha value is -1.42. The molecule has 17 heavy (non-hydrogen) atoms. The van der Waals surface area contributed by atoms with Crippen molar-refractivity contribution >= 4 is 5.91 Å². The second-order valence-electron chi connectivity index (χ2n) is 4.60. The number of carbonyl (C=O) groups is 1. The average Bonchev–Trinajstić information content (AvgIpc) is 2.77. The molecule has 0 spiro atoms. The Labute approximate surface area is 102 Å².